The van der Waals surface area contributed by atoms with Crippen LogP contribution in [0.25, 0.3) is 0 Å². The van der Waals surface area contributed by atoms with Gasteiger partial charge in [-0.3, -0.25) is 4.79 Å². The first kappa shape index (κ1) is 15.1. The zero-order valence-electron chi connectivity index (χ0n) is 12.5. The molecule has 0 spiro atoms. The van der Waals surface area contributed by atoms with Gasteiger partial charge in [0.2, 0.25) is 5.91 Å². The lowest BCUT2D eigenvalue weighted by molar-refractivity contribution is -0.123. The number of likely N-dealkylation sites (tertiary alicyclic amines) is 1. The molecular weight excluding hydrogens is 252 g/mol. The minimum Gasteiger partial charge on any atom is -0.371 e. The second kappa shape index (κ2) is 6.90. The number of carbonyl (C=O) groups is 1. The number of likely N-dealkylation sites (N-methyl/N-ethyl adjacent to an activating group) is 1. The topological polar surface area (TPSA) is 61.6 Å². The van der Waals surface area contributed by atoms with E-state index in [9.17, 15) is 4.79 Å². The highest BCUT2D eigenvalue weighted by atomic mass is 16.1. The molecule has 0 radical (unpaired) electrons. The average molecular weight is 278 g/mol. The van der Waals surface area contributed by atoms with Crippen LogP contribution in [0.4, 0.5) is 0 Å². The van der Waals surface area contributed by atoms with Crippen LogP contribution in [0.1, 0.15) is 25.7 Å². The van der Waals surface area contributed by atoms with E-state index in [4.69, 9.17) is 5.73 Å². The van der Waals surface area contributed by atoms with Crippen molar-refractivity contribution in [2.24, 2.45) is 5.73 Å². The maximum Gasteiger partial charge on any atom is 0.222 e. The van der Waals surface area contributed by atoms with Crippen molar-refractivity contribution in [1.29, 1.82) is 0 Å². The SMILES string of the molecule is CN1C=CC=CC1C(N)NC(=O)C[C@@H]1CCCCN1C. The van der Waals surface area contributed by atoms with Crippen LogP contribution in [0.2, 0.25) is 0 Å². The predicted molar refractivity (Wildman–Crippen MR) is 80.8 cm³/mol. The van der Waals surface area contributed by atoms with E-state index >= 15 is 0 Å². The predicted octanol–water partition coefficient (Wildman–Crippen LogP) is 0.646. The highest BCUT2D eigenvalue weighted by molar-refractivity contribution is 5.77. The van der Waals surface area contributed by atoms with E-state index in [-0.39, 0.29) is 18.1 Å². The van der Waals surface area contributed by atoms with Crippen LogP contribution in [0, 0.1) is 0 Å². The van der Waals surface area contributed by atoms with Gasteiger partial charge < -0.3 is 20.9 Å². The molecule has 0 aliphatic carbocycles. The van der Waals surface area contributed by atoms with Gasteiger partial charge in [-0.1, -0.05) is 18.6 Å². The Bertz CT molecular complexity index is 393. The van der Waals surface area contributed by atoms with Gasteiger partial charge in [0.1, 0.15) is 6.17 Å². The molecule has 5 heteroatoms. The van der Waals surface area contributed by atoms with E-state index in [1.54, 1.807) is 0 Å². The lowest BCUT2D eigenvalue weighted by atomic mass is 9.99. The van der Waals surface area contributed by atoms with Crippen LogP contribution in [0.15, 0.2) is 24.4 Å². The molecule has 2 rings (SSSR count). The summed E-state index contributed by atoms with van der Waals surface area (Å²) in [6, 6.07) is 0.378. The Kier molecular flexibility index (Phi) is 5.20. The standard InChI is InChI=1S/C15H26N4O/c1-18-9-5-3-7-12(18)11-14(20)17-15(16)13-8-4-6-10-19(13)2/h4,6,8,10,12-13,15H,3,5,7,9,11,16H2,1-2H3,(H,17,20)/t12-,13?,15?/m0/s1. The number of nitrogens with zero attached hydrogens (tertiary/aromatic N) is 2. The van der Waals surface area contributed by atoms with Crippen LogP contribution in [-0.4, -0.2) is 54.6 Å². The second-order valence-electron chi connectivity index (χ2n) is 5.81. The number of hydrogen-bond donors (Lipinski definition) is 2. The molecule has 0 saturated carbocycles. The van der Waals surface area contributed by atoms with E-state index in [1.807, 2.05) is 36.4 Å². The summed E-state index contributed by atoms with van der Waals surface area (Å²) in [5.74, 6) is 0.0487. The molecule has 0 aromatic heterocycles. The van der Waals surface area contributed by atoms with Crippen LogP contribution in [0.5, 0.6) is 0 Å². The number of piperidine rings is 1. The molecule has 1 amide bonds. The summed E-state index contributed by atoms with van der Waals surface area (Å²) in [6.07, 6.45) is 11.6. The van der Waals surface area contributed by atoms with Crippen LogP contribution >= 0.6 is 0 Å². The molecule has 2 aliphatic rings. The Morgan fingerprint density at radius 2 is 2.20 bits per heavy atom. The third-order valence-corrected chi connectivity index (χ3v) is 4.25. The molecule has 2 unspecified atom stereocenters. The monoisotopic (exact) mass is 278 g/mol. The van der Waals surface area contributed by atoms with Gasteiger partial charge in [-0.15, -0.1) is 0 Å². The van der Waals surface area contributed by atoms with E-state index < -0.39 is 0 Å². The fourth-order valence-corrected chi connectivity index (χ4v) is 2.92. The van der Waals surface area contributed by atoms with Gasteiger partial charge in [0.05, 0.1) is 6.04 Å². The zero-order valence-corrected chi connectivity index (χ0v) is 12.5. The summed E-state index contributed by atoms with van der Waals surface area (Å²) in [5.41, 5.74) is 6.11. The maximum absolute atomic E-state index is 12.1. The number of allylic oxidation sites excluding steroid dienone is 2. The number of rotatable bonds is 4. The van der Waals surface area contributed by atoms with Crippen molar-refractivity contribution in [1.82, 2.24) is 15.1 Å². The molecule has 2 heterocycles. The molecule has 0 aromatic rings. The third-order valence-electron chi connectivity index (χ3n) is 4.25. The van der Waals surface area contributed by atoms with Crippen molar-refractivity contribution in [3.8, 4) is 0 Å². The molecule has 5 nitrogen and oxygen atoms in total. The number of hydrogen-bond acceptors (Lipinski definition) is 4. The van der Waals surface area contributed by atoms with Gasteiger partial charge in [0.25, 0.3) is 0 Å². The van der Waals surface area contributed by atoms with Gasteiger partial charge in [-0.25, -0.2) is 0 Å². The number of nitrogens with two attached hydrogens (primary N) is 1. The third kappa shape index (κ3) is 3.84. The molecule has 2 aliphatic heterocycles. The maximum atomic E-state index is 12.1. The highest BCUT2D eigenvalue weighted by Gasteiger charge is 2.25. The Balaban J connectivity index is 1.81. The Morgan fingerprint density at radius 3 is 2.90 bits per heavy atom. The molecule has 20 heavy (non-hydrogen) atoms. The van der Waals surface area contributed by atoms with Crippen molar-refractivity contribution < 1.29 is 4.79 Å². The first-order chi connectivity index (χ1) is 9.58. The lowest BCUT2D eigenvalue weighted by Crippen LogP contribution is -2.55. The molecule has 112 valence electrons. The van der Waals surface area contributed by atoms with Crippen LogP contribution in [0.3, 0.4) is 0 Å². The smallest absolute Gasteiger partial charge is 0.222 e. The average Bonchev–Trinajstić information content (AvgIpc) is 2.41. The van der Waals surface area contributed by atoms with E-state index in [0.29, 0.717) is 12.5 Å². The van der Waals surface area contributed by atoms with Crippen LogP contribution < -0.4 is 11.1 Å². The Morgan fingerprint density at radius 1 is 1.40 bits per heavy atom. The molecular formula is C15H26N4O. The fourth-order valence-electron chi connectivity index (χ4n) is 2.92. The number of amides is 1. The zero-order chi connectivity index (χ0) is 14.5. The van der Waals surface area contributed by atoms with Crippen molar-refractivity contribution in [3.05, 3.63) is 24.4 Å². The van der Waals surface area contributed by atoms with Crippen molar-refractivity contribution in [2.75, 3.05) is 20.6 Å². The molecule has 1 fully saturated rings. The van der Waals surface area contributed by atoms with Gasteiger partial charge in [-0.05, 0) is 38.7 Å². The molecule has 3 N–H and O–H groups in total. The summed E-state index contributed by atoms with van der Waals surface area (Å²) < 4.78 is 0. The number of carbonyl (C=O) groups excluding carboxylic acids is 1. The molecule has 3 atom stereocenters. The number of nitrogens with one attached hydrogen (secondary N) is 1. The molecule has 0 bridgehead atoms. The quantitative estimate of drug-likeness (QED) is 0.741. The van der Waals surface area contributed by atoms with Crippen molar-refractivity contribution in [2.45, 2.75) is 43.9 Å². The van der Waals surface area contributed by atoms with Gasteiger partial charge in [0.15, 0.2) is 0 Å². The summed E-state index contributed by atoms with van der Waals surface area (Å²) >= 11 is 0. The largest absolute Gasteiger partial charge is 0.371 e. The molecule has 1 saturated heterocycles. The summed E-state index contributed by atoms with van der Waals surface area (Å²) in [6.45, 7) is 1.09. The first-order valence-electron chi connectivity index (χ1n) is 7.40. The van der Waals surface area contributed by atoms with Gasteiger partial charge in [-0.2, -0.15) is 0 Å². The van der Waals surface area contributed by atoms with Gasteiger partial charge in [0, 0.05) is 19.5 Å². The highest BCUT2D eigenvalue weighted by Crippen LogP contribution is 2.17. The second-order valence-corrected chi connectivity index (χ2v) is 5.81. The summed E-state index contributed by atoms with van der Waals surface area (Å²) in [7, 11) is 4.06. The minimum absolute atomic E-state index is 0.0213. The van der Waals surface area contributed by atoms with E-state index in [0.717, 1.165) is 13.0 Å². The normalized spacial score (nSPS) is 28.4. The lowest BCUT2D eigenvalue weighted by Gasteiger charge is -2.34. The van der Waals surface area contributed by atoms with Crippen molar-refractivity contribution in [3.63, 3.8) is 0 Å². The van der Waals surface area contributed by atoms with Gasteiger partial charge >= 0.3 is 0 Å². The first-order valence-corrected chi connectivity index (χ1v) is 7.40. The fraction of sp³-hybridized carbons (Fsp3) is 0.667. The van der Waals surface area contributed by atoms with E-state index in [2.05, 4.69) is 17.3 Å². The van der Waals surface area contributed by atoms with E-state index in [1.165, 1.54) is 12.8 Å². The Hall–Kier alpha value is -1.33. The van der Waals surface area contributed by atoms with Crippen LogP contribution in [-0.2, 0) is 4.79 Å². The summed E-state index contributed by atoms with van der Waals surface area (Å²) in [4.78, 5) is 16.4. The minimum atomic E-state index is -0.373. The summed E-state index contributed by atoms with van der Waals surface area (Å²) in [5, 5.41) is 2.93. The van der Waals surface area contributed by atoms with Crippen molar-refractivity contribution >= 4 is 5.91 Å². The molecule has 0 aromatic carbocycles. The Labute approximate surface area is 121 Å².